The first-order chi connectivity index (χ1) is 8.88. The number of aliphatic carboxylic acids is 1. The molecule has 0 aliphatic heterocycles. The Hall–Kier alpha value is -1.79. The largest absolute Gasteiger partial charge is 0.481 e. The third kappa shape index (κ3) is 8.01. The highest BCUT2D eigenvalue weighted by Gasteiger charge is 2.14. The normalized spacial score (nSPS) is 11.5. The standard InChI is InChI=1S/C12H23N3O4/c1-4-6-13-10(16)8-15(3)12(19)14-7-5-9(2)11(17)18/h9H,4-8H2,1-3H3,(H,13,16)(H,14,19)(H,17,18). The zero-order valence-corrected chi connectivity index (χ0v) is 11.7. The van der Waals surface area contributed by atoms with Crippen LogP contribution in [0.1, 0.15) is 26.7 Å². The number of nitrogens with one attached hydrogen (secondary N) is 2. The highest BCUT2D eigenvalue weighted by atomic mass is 16.4. The zero-order chi connectivity index (χ0) is 14.8. The van der Waals surface area contributed by atoms with Crippen molar-refractivity contribution >= 4 is 17.9 Å². The minimum atomic E-state index is -0.887. The molecule has 0 rings (SSSR count). The van der Waals surface area contributed by atoms with Crippen LogP contribution in [0.25, 0.3) is 0 Å². The van der Waals surface area contributed by atoms with Gasteiger partial charge in [-0.25, -0.2) is 4.79 Å². The number of carboxylic acids is 1. The number of likely N-dealkylation sites (N-methyl/N-ethyl adjacent to an activating group) is 1. The second-order valence-corrected chi connectivity index (χ2v) is 4.47. The van der Waals surface area contributed by atoms with Crippen LogP contribution in [0.5, 0.6) is 0 Å². The van der Waals surface area contributed by atoms with E-state index in [1.807, 2.05) is 6.92 Å². The molecule has 0 fully saturated rings. The van der Waals surface area contributed by atoms with E-state index >= 15 is 0 Å². The Bertz CT molecular complexity index is 320. The summed E-state index contributed by atoms with van der Waals surface area (Å²) in [6.07, 6.45) is 1.20. The maximum Gasteiger partial charge on any atom is 0.317 e. The molecule has 3 amide bonds. The molecular weight excluding hydrogens is 250 g/mol. The summed E-state index contributed by atoms with van der Waals surface area (Å²) >= 11 is 0. The molecule has 0 aromatic carbocycles. The Morgan fingerprint density at radius 3 is 2.37 bits per heavy atom. The summed E-state index contributed by atoms with van der Waals surface area (Å²) in [5.74, 6) is -1.60. The van der Waals surface area contributed by atoms with Crippen LogP contribution in [0, 0.1) is 5.92 Å². The van der Waals surface area contributed by atoms with E-state index in [1.54, 1.807) is 6.92 Å². The van der Waals surface area contributed by atoms with Crippen molar-refractivity contribution in [2.75, 3.05) is 26.7 Å². The topological polar surface area (TPSA) is 98.7 Å². The van der Waals surface area contributed by atoms with Crippen LogP contribution in [0.15, 0.2) is 0 Å². The molecule has 19 heavy (non-hydrogen) atoms. The van der Waals surface area contributed by atoms with Gasteiger partial charge in [0.2, 0.25) is 5.91 Å². The molecule has 1 unspecified atom stereocenters. The fourth-order valence-electron chi connectivity index (χ4n) is 1.26. The highest BCUT2D eigenvalue weighted by Crippen LogP contribution is 1.99. The fraction of sp³-hybridized carbons (Fsp3) is 0.750. The lowest BCUT2D eigenvalue weighted by Gasteiger charge is -2.17. The first kappa shape index (κ1) is 17.2. The first-order valence-corrected chi connectivity index (χ1v) is 6.37. The third-order valence-electron chi connectivity index (χ3n) is 2.57. The maximum atomic E-state index is 11.6. The molecular formula is C12H23N3O4. The van der Waals surface area contributed by atoms with Gasteiger partial charge in [-0.3, -0.25) is 9.59 Å². The van der Waals surface area contributed by atoms with Crippen LogP contribution in [0.3, 0.4) is 0 Å². The molecule has 0 saturated carbocycles. The van der Waals surface area contributed by atoms with E-state index < -0.39 is 11.9 Å². The van der Waals surface area contributed by atoms with E-state index in [2.05, 4.69) is 10.6 Å². The summed E-state index contributed by atoms with van der Waals surface area (Å²) in [5, 5.41) is 13.9. The van der Waals surface area contributed by atoms with E-state index in [9.17, 15) is 14.4 Å². The van der Waals surface area contributed by atoms with Gasteiger partial charge in [-0.05, 0) is 12.8 Å². The van der Waals surface area contributed by atoms with Crippen LogP contribution < -0.4 is 10.6 Å². The van der Waals surface area contributed by atoms with Crippen molar-refractivity contribution in [3.8, 4) is 0 Å². The van der Waals surface area contributed by atoms with Gasteiger partial charge in [0, 0.05) is 20.1 Å². The Kier molecular flexibility index (Phi) is 8.32. The monoisotopic (exact) mass is 273 g/mol. The fourth-order valence-corrected chi connectivity index (χ4v) is 1.26. The lowest BCUT2D eigenvalue weighted by molar-refractivity contribution is -0.141. The van der Waals surface area contributed by atoms with Crippen molar-refractivity contribution in [1.29, 1.82) is 0 Å². The van der Waals surface area contributed by atoms with Gasteiger partial charge in [0.05, 0.1) is 5.92 Å². The number of hydrogen-bond acceptors (Lipinski definition) is 3. The van der Waals surface area contributed by atoms with Crippen molar-refractivity contribution in [2.24, 2.45) is 5.92 Å². The number of amides is 3. The average molecular weight is 273 g/mol. The molecule has 0 aromatic heterocycles. The number of hydrogen-bond donors (Lipinski definition) is 3. The molecule has 3 N–H and O–H groups in total. The van der Waals surface area contributed by atoms with Gasteiger partial charge < -0.3 is 20.6 Å². The number of carboxylic acid groups (broad SMARTS) is 1. The summed E-state index contributed by atoms with van der Waals surface area (Å²) in [6, 6.07) is -0.385. The smallest absolute Gasteiger partial charge is 0.317 e. The van der Waals surface area contributed by atoms with Gasteiger partial charge >= 0.3 is 12.0 Å². The molecule has 0 bridgehead atoms. The van der Waals surface area contributed by atoms with Crippen molar-refractivity contribution in [3.63, 3.8) is 0 Å². The lowest BCUT2D eigenvalue weighted by atomic mass is 10.1. The molecule has 7 heteroatoms. The SMILES string of the molecule is CCCNC(=O)CN(C)C(=O)NCCC(C)C(=O)O. The van der Waals surface area contributed by atoms with Crippen LogP contribution >= 0.6 is 0 Å². The summed E-state index contributed by atoms with van der Waals surface area (Å²) in [7, 11) is 1.52. The average Bonchev–Trinajstić information content (AvgIpc) is 2.35. The Morgan fingerprint density at radius 2 is 1.84 bits per heavy atom. The minimum absolute atomic E-state index is 0.0136. The molecule has 0 spiro atoms. The number of carbonyl (C=O) groups excluding carboxylic acids is 2. The molecule has 0 aromatic rings. The van der Waals surface area contributed by atoms with Crippen molar-refractivity contribution in [3.05, 3.63) is 0 Å². The molecule has 0 aliphatic rings. The number of carbonyl (C=O) groups is 3. The molecule has 0 saturated heterocycles. The summed E-state index contributed by atoms with van der Waals surface area (Å²) < 4.78 is 0. The lowest BCUT2D eigenvalue weighted by Crippen LogP contribution is -2.44. The third-order valence-corrected chi connectivity index (χ3v) is 2.57. The molecule has 0 radical (unpaired) electrons. The Morgan fingerprint density at radius 1 is 1.21 bits per heavy atom. The summed E-state index contributed by atoms with van der Waals surface area (Å²) in [4.78, 5) is 34.8. The summed E-state index contributed by atoms with van der Waals surface area (Å²) in [5.41, 5.74) is 0. The van der Waals surface area contributed by atoms with Crippen LogP contribution in [-0.4, -0.2) is 54.6 Å². The predicted octanol–water partition coefficient (Wildman–Crippen LogP) is 0.265. The van der Waals surface area contributed by atoms with Gasteiger partial charge in [-0.2, -0.15) is 0 Å². The second kappa shape index (κ2) is 9.18. The zero-order valence-electron chi connectivity index (χ0n) is 11.7. The number of nitrogens with zero attached hydrogens (tertiary/aromatic N) is 1. The van der Waals surface area contributed by atoms with Crippen molar-refractivity contribution in [1.82, 2.24) is 15.5 Å². The van der Waals surface area contributed by atoms with E-state index in [0.717, 1.165) is 6.42 Å². The van der Waals surface area contributed by atoms with Crippen molar-refractivity contribution in [2.45, 2.75) is 26.7 Å². The van der Waals surface area contributed by atoms with Crippen LogP contribution in [0.2, 0.25) is 0 Å². The molecule has 0 heterocycles. The maximum absolute atomic E-state index is 11.6. The van der Waals surface area contributed by atoms with Gasteiger partial charge in [-0.1, -0.05) is 13.8 Å². The minimum Gasteiger partial charge on any atom is -0.481 e. The van der Waals surface area contributed by atoms with E-state index in [4.69, 9.17) is 5.11 Å². The number of urea groups is 1. The number of rotatable bonds is 8. The van der Waals surface area contributed by atoms with E-state index in [1.165, 1.54) is 11.9 Å². The first-order valence-electron chi connectivity index (χ1n) is 6.37. The molecule has 110 valence electrons. The molecule has 1 atom stereocenters. The van der Waals surface area contributed by atoms with Gasteiger partial charge in [0.15, 0.2) is 0 Å². The van der Waals surface area contributed by atoms with E-state index in [0.29, 0.717) is 13.0 Å². The van der Waals surface area contributed by atoms with Crippen LogP contribution in [-0.2, 0) is 9.59 Å². The molecule has 0 aliphatic carbocycles. The Labute approximate surface area is 113 Å². The summed E-state index contributed by atoms with van der Waals surface area (Å²) in [6.45, 7) is 4.37. The molecule has 7 nitrogen and oxygen atoms in total. The van der Waals surface area contributed by atoms with Gasteiger partial charge in [0.1, 0.15) is 6.54 Å². The predicted molar refractivity (Wildman–Crippen MR) is 70.7 cm³/mol. The quantitative estimate of drug-likeness (QED) is 0.591. The van der Waals surface area contributed by atoms with Crippen LogP contribution in [0.4, 0.5) is 4.79 Å². The Balaban J connectivity index is 3.87. The van der Waals surface area contributed by atoms with Crippen molar-refractivity contribution < 1.29 is 19.5 Å². The van der Waals surface area contributed by atoms with E-state index in [-0.39, 0.29) is 25.0 Å². The second-order valence-electron chi connectivity index (χ2n) is 4.47. The highest BCUT2D eigenvalue weighted by molar-refractivity contribution is 5.83. The van der Waals surface area contributed by atoms with Gasteiger partial charge in [-0.15, -0.1) is 0 Å². The van der Waals surface area contributed by atoms with Gasteiger partial charge in [0.25, 0.3) is 0 Å².